The first-order chi connectivity index (χ1) is 12.0. The van der Waals surface area contributed by atoms with Gasteiger partial charge in [-0.25, -0.2) is 0 Å². The van der Waals surface area contributed by atoms with Gasteiger partial charge in [0, 0.05) is 17.9 Å². The summed E-state index contributed by atoms with van der Waals surface area (Å²) in [5, 5.41) is 21.7. The molecule has 1 aromatic heterocycles. The summed E-state index contributed by atoms with van der Waals surface area (Å²) in [5.41, 5.74) is -0.176. The molecule has 11 heteroatoms. The summed E-state index contributed by atoms with van der Waals surface area (Å²) < 4.78 is 11.1. The number of hydrogen-bond donors (Lipinski definition) is 1. The molecule has 0 aliphatic rings. The number of ether oxygens (including phenoxy) is 2. The Hall–Kier alpha value is -2.40. The van der Waals surface area contributed by atoms with Crippen LogP contribution in [0.4, 0.5) is 10.8 Å². The Kier molecular flexibility index (Phi) is 6.95. The number of carbonyl (C=O) groups is 1. The highest BCUT2D eigenvalue weighted by Gasteiger charge is 2.16. The van der Waals surface area contributed by atoms with Crippen molar-refractivity contribution in [2.75, 3.05) is 24.8 Å². The monoisotopic (exact) mass is 384 g/mol. The predicted molar refractivity (Wildman–Crippen MR) is 94.7 cm³/mol. The second-order valence-corrected chi connectivity index (χ2v) is 6.97. The van der Waals surface area contributed by atoms with E-state index in [0.717, 1.165) is 16.5 Å². The number of benzene rings is 1. The van der Waals surface area contributed by atoms with Crippen LogP contribution in [0.25, 0.3) is 0 Å². The number of carbonyl (C=O) groups excluding carboxylic acids is 1. The molecule has 0 radical (unpaired) electrons. The van der Waals surface area contributed by atoms with Crippen molar-refractivity contribution in [1.82, 2.24) is 10.2 Å². The third-order valence-electron chi connectivity index (χ3n) is 2.80. The number of amides is 1. The van der Waals surface area contributed by atoms with Crippen LogP contribution in [-0.2, 0) is 4.79 Å². The number of methoxy groups -OCH3 is 1. The third-order valence-corrected chi connectivity index (χ3v) is 4.98. The molecule has 0 spiro atoms. The highest BCUT2D eigenvalue weighted by Crippen LogP contribution is 2.30. The van der Waals surface area contributed by atoms with Crippen LogP contribution >= 0.6 is 23.1 Å². The Morgan fingerprint density at radius 3 is 2.92 bits per heavy atom. The molecule has 2 rings (SSSR count). The molecule has 1 aromatic carbocycles. The lowest BCUT2D eigenvalue weighted by Crippen LogP contribution is -2.20. The van der Waals surface area contributed by atoms with E-state index in [9.17, 15) is 14.9 Å². The van der Waals surface area contributed by atoms with E-state index in [1.54, 1.807) is 11.8 Å². The zero-order chi connectivity index (χ0) is 18.2. The SMILES string of the molecule is CCCSc1nnc(NC(=O)COc2ccc([N+](=O)[O-])c(OC)c2)s1. The molecule has 2 aromatic rings. The summed E-state index contributed by atoms with van der Waals surface area (Å²) in [6, 6.07) is 4.02. The molecule has 0 saturated carbocycles. The topological polar surface area (TPSA) is 116 Å². The number of nitrogens with one attached hydrogen (secondary N) is 1. The number of nitro groups is 1. The van der Waals surface area contributed by atoms with Gasteiger partial charge in [0.1, 0.15) is 5.75 Å². The van der Waals surface area contributed by atoms with E-state index in [4.69, 9.17) is 9.47 Å². The maximum Gasteiger partial charge on any atom is 0.311 e. The largest absolute Gasteiger partial charge is 0.490 e. The summed E-state index contributed by atoms with van der Waals surface area (Å²) in [7, 11) is 1.32. The molecule has 0 unspecified atom stereocenters. The minimum atomic E-state index is -0.557. The molecule has 0 fully saturated rings. The van der Waals surface area contributed by atoms with Crippen LogP contribution in [0.1, 0.15) is 13.3 Å². The molecule has 0 atom stereocenters. The molecule has 1 amide bonds. The van der Waals surface area contributed by atoms with Gasteiger partial charge in [-0.1, -0.05) is 30.0 Å². The van der Waals surface area contributed by atoms with Crippen molar-refractivity contribution in [2.45, 2.75) is 17.7 Å². The Balaban J connectivity index is 1.89. The number of hydrogen-bond acceptors (Lipinski definition) is 9. The quantitative estimate of drug-likeness (QED) is 0.303. The maximum absolute atomic E-state index is 11.9. The number of thioether (sulfide) groups is 1. The molecule has 1 N–H and O–H groups in total. The molecular formula is C14H16N4O5S2. The fourth-order valence-corrected chi connectivity index (χ4v) is 3.40. The first kappa shape index (κ1) is 18.9. The zero-order valence-electron chi connectivity index (χ0n) is 13.6. The van der Waals surface area contributed by atoms with E-state index in [1.165, 1.54) is 36.6 Å². The lowest BCUT2D eigenvalue weighted by molar-refractivity contribution is -0.385. The smallest absolute Gasteiger partial charge is 0.311 e. The number of anilines is 1. The van der Waals surface area contributed by atoms with Gasteiger partial charge in [0.2, 0.25) is 10.9 Å². The molecule has 134 valence electrons. The Morgan fingerprint density at radius 1 is 1.44 bits per heavy atom. The fourth-order valence-electron chi connectivity index (χ4n) is 1.71. The molecule has 0 aliphatic carbocycles. The van der Waals surface area contributed by atoms with Crippen LogP contribution < -0.4 is 14.8 Å². The van der Waals surface area contributed by atoms with Crippen molar-refractivity contribution in [3.05, 3.63) is 28.3 Å². The van der Waals surface area contributed by atoms with Crippen LogP contribution in [-0.4, -0.2) is 40.5 Å². The van der Waals surface area contributed by atoms with Crippen molar-refractivity contribution < 1.29 is 19.2 Å². The molecule has 0 saturated heterocycles. The minimum Gasteiger partial charge on any atom is -0.490 e. The van der Waals surface area contributed by atoms with Gasteiger partial charge in [-0.3, -0.25) is 20.2 Å². The summed E-state index contributed by atoms with van der Waals surface area (Å²) in [5.74, 6) is 0.882. The lowest BCUT2D eigenvalue weighted by Gasteiger charge is -2.07. The van der Waals surface area contributed by atoms with Crippen LogP contribution in [0.15, 0.2) is 22.5 Å². The standard InChI is InChI=1S/C14H16N4O5S2/c1-3-6-24-14-17-16-13(25-14)15-12(19)8-23-9-4-5-10(18(20)21)11(7-9)22-2/h4-5,7H,3,6,8H2,1-2H3,(H,15,16,19). The van der Waals surface area contributed by atoms with Gasteiger partial charge in [0.25, 0.3) is 5.91 Å². The van der Waals surface area contributed by atoms with Crippen LogP contribution in [0, 0.1) is 10.1 Å². The predicted octanol–water partition coefficient (Wildman–Crippen LogP) is 2.97. The fraction of sp³-hybridized carbons (Fsp3) is 0.357. The van der Waals surface area contributed by atoms with E-state index in [-0.39, 0.29) is 23.8 Å². The van der Waals surface area contributed by atoms with Gasteiger partial charge < -0.3 is 9.47 Å². The van der Waals surface area contributed by atoms with Gasteiger partial charge in [0.05, 0.1) is 12.0 Å². The molecule has 0 bridgehead atoms. The van der Waals surface area contributed by atoms with E-state index in [1.807, 2.05) is 0 Å². The van der Waals surface area contributed by atoms with Crippen molar-refractivity contribution in [3.8, 4) is 11.5 Å². The first-order valence-electron chi connectivity index (χ1n) is 7.25. The second-order valence-electron chi connectivity index (χ2n) is 4.65. The van der Waals surface area contributed by atoms with Gasteiger partial charge in [-0.05, 0) is 12.5 Å². The van der Waals surface area contributed by atoms with E-state index in [2.05, 4.69) is 22.4 Å². The highest BCUT2D eigenvalue weighted by atomic mass is 32.2. The number of rotatable bonds is 9. The van der Waals surface area contributed by atoms with Crippen LogP contribution in [0.5, 0.6) is 11.5 Å². The Bertz CT molecular complexity index is 753. The van der Waals surface area contributed by atoms with Crippen LogP contribution in [0.3, 0.4) is 0 Å². The summed E-state index contributed by atoms with van der Waals surface area (Å²) >= 11 is 2.87. The van der Waals surface area contributed by atoms with Crippen molar-refractivity contribution in [3.63, 3.8) is 0 Å². The lowest BCUT2D eigenvalue weighted by atomic mass is 10.3. The third kappa shape index (κ3) is 5.57. The molecule has 0 aliphatic heterocycles. The number of aromatic nitrogens is 2. The maximum atomic E-state index is 11.9. The van der Waals surface area contributed by atoms with Crippen molar-refractivity contribution >= 4 is 39.8 Å². The molecule has 25 heavy (non-hydrogen) atoms. The number of nitrogens with zero attached hydrogens (tertiary/aromatic N) is 3. The van der Waals surface area contributed by atoms with Gasteiger partial charge in [-0.15, -0.1) is 10.2 Å². The van der Waals surface area contributed by atoms with Gasteiger partial charge in [-0.2, -0.15) is 0 Å². The molecular weight excluding hydrogens is 368 g/mol. The van der Waals surface area contributed by atoms with Crippen LogP contribution in [0.2, 0.25) is 0 Å². The van der Waals surface area contributed by atoms with Gasteiger partial charge in [0.15, 0.2) is 10.9 Å². The Morgan fingerprint density at radius 2 is 2.24 bits per heavy atom. The first-order valence-corrected chi connectivity index (χ1v) is 9.05. The van der Waals surface area contributed by atoms with E-state index >= 15 is 0 Å². The molecule has 9 nitrogen and oxygen atoms in total. The molecule has 1 heterocycles. The minimum absolute atomic E-state index is 0.0598. The average molecular weight is 384 g/mol. The zero-order valence-corrected chi connectivity index (χ0v) is 15.2. The van der Waals surface area contributed by atoms with Crippen molar-refractivity contribution in [2.24, 2.45) is 0 Å². The van der Waals surface area contributed by atoms with E-state index in [0.29, 0.717) is 5.13 Å². The Labute approximate surface area is 151 Å². The van der Waals surface area contributed by atoms with Crippen molar-refractivity contribution in [1.29, 1.82) is 0 Å². The van der Waals surface area contributed by atoms with E-state index < -0.39 is 10.8 Å². The normalized spacial score (nSPS) is 10.3. The summed E-state index contributed by atoms with van der Waals surface area (Å²) in [6.45, 7) is 1.80. The number of nitro benzene ring substituents is 1. The van der Waals surface area contributed by atoms with Gasteiger partial charge >= 0.3 is 5.69 Å². The summed E-state index contributed by atoms with van der Waals surface area (Å²) in [4.78, 5) is 22.2. The second kappa shape index (κ2) is 9.18. The average Bonchev–Trinajstić information content (AvgIpc) is 3.04. The highest BCUT2D eigenvalue weighted by molar-refractivity contribution is 8.01. The summed E-state index contributed by atoms with van der Waals surface area (Å²) in [6.07, 6.45) is 1.03.